The van der Waals surface area contributed by atoms with Crippen molar-refractivity contribution >= 4 is 29.2 Å². The summed E-state index contributed by atoms with van der Waals surface area (Å²) in [6.45, 7) is 3.71. The number of benzene rings is 2. The SMILES string of the molecule is CCOc1cc(C2NC(=O)NC(C)=C2C(=O)Nc2ccccc2OC)cc(Cl)c1O. The molecule has 1 aliphatic rings. The van der Waals surface area contributed by atoms with Crippen molar-refractivity contribution in [2.45, 2.75) is 19.9 Å². The number of phenols is 1. The van der Waals surface area contributed by atoms with E-state index in [4.69, 9.17) is 21.1 Å². The minimum absolute atomic E-state index is 0.0471. The minimum atomic E-state index is -0.814. The van der Waals surface area contributed by atoms with E-state index in [0.717, 1.165) is 0 Å². The first-order valence-corrected chi connectivity index (χ1v) is 9.61. The number of halogens is 1. The van der Waals surface area contributed by atoms with Gasteiger partial charge >= 0.3 is 6.03 Å². The van der Waals surface area contributed by atoms with Crippen molar-refractivity contribution in [1.82, 2.24) is 10.6 Å². The number of phenolic OH excluding ortho intramolecular Hbond substituents is 1. The Morgan fingerprint density at radius 3 is 2.70 bits per heavy atom. The Morgan fingerprint density at radius 2 is 2.00 bits per heavy atom. The predicted molar refractivity (Wildman–Crippen MR) is 113 cm³/mol. The zero-order chi connectivity index (χ0) is 21.8. The van der Waals surface area contributed by atoms with Crippen LogP contribution in [0.2, 0.25) is 5.02 Å². The number of urea groups is 1. The summed E-state index contributed by atoms with van der Waals surface area (Å²) < 4.78 is 10.7. The molecule has 9 heteroatoms. The number of hydrogen-bond acceptors (Lipinski definition) is 5. The molecule has 30 heavy (non-hydrogen) atoms. The van der Waals surface area contributed by atoms with Crippen LogP contribution < -0.4 is 25.4 Å². The Labute approximate surface area is 178 Å². The highest BCUT2D eigenvalue weighted by atomic mass is 35.5. The quantitative estimate of drug-likeness (QED) is 0.557. The molecule has 1 heterocycles. The smallest absolute Gasteiger partial charge is 0.319 e. The van der Waals surface area contributed by atoms with Gasteiger partial charge in [0.15, 0.2) is 11.5 Å². The van der Waals surface area contributed by atoms with Crippen LogP contribution in [0.1, 0.15) is 25.5 Å². The zero-order valence-corrected chi connectivity index (χ0v) is 17.5. The third kappa shape index (κ3) is 4.28. The number of nitrogens with one attached hydrogen (secondary N) is 3. The van der Waals surface area contributed by atoms with Crippen molar-refractivity contribution in [3.05, 3.63) is 58.3 Å². The number of carbonyl (C=O) groups excluding carboxylic acids is 2. The lowest BCUT2D eigenvalue weighted by Gasteiger charge is -2.29. The van der Waals surface area contributed by atoms with E-state index in [1.54, 1.807) is 44.2 Å². The number of ether oxygens (including phenoxy) is 2. The number of methoxy groups -OCH3 is 1. The van der Waals surface area contributed by atoms with Crippen molar-refractivity contribution < 1.29 is 24.2 Å². The van der Waals surface area contributed by atoms with Gasteiger partial charge in [-0.25, -0.2) is 4.79 Å². The second-order valence-electron chi connectivity index (χ2n) is 6.51. The lowest BCUT2D eigenvalue weighted by atomic mass is 9.94. The van der Waals surface area contributed by atoms with Gasteiger partial charge in [-0.05, 0) is 43.7 Å². The van der Waals surface area contributed by atoms with E-state index in [2.05, 4.69) is 16.0 Å². The summed E-state index contributed by atoms with van der Waals surface area (Å²) in [6.07, 6.45) is 0. The first kappa shape index (κ1) is 21.3. The average Bonchev–Trinajstić information content (AvgIpc) is 2.71. The summed E-state index contributed by atoms with van der Waals surface area (Å²) in [5.74, 6) is 0.0228. The molecule has 0 aliphatic carbocycles. The van der Waals surface area contributed by atoms with E-state index >= 15 is 0 Å². The summed E-state index contributed by atoms with van der Waals surface area (Å²) in [7, 11) is 1.51. The molecule has 158 valence electrons. The van der Waals surface area contributed by atoms with Crippen LogP contribution in [0.3, 0.4) is 0 Å². The van der Waals surface area contributed by atoms with Gasteiger partial charge in [-0.1, -0.05) is 23.7 Å². The molecule has 0 saturated carbocycles. The number of aromatic hydroxyl groups is 1. The lowest BCUT2D eigenvalue weighted by molar-refractivity contribution is -0.113. The molecule has 2 aromatic rings. The maximum Gasteiger partial charge on any atom is 0.319 e. The molecule has 0 aromatic heterocycles. The van der Waals surface area contributed by atoms with Crippen molar-refractivity contribution in [3.8, 4) is 17.2 Å². The van der Waals surface area contributed by atoms with E-state index in [1.165, 1.54) is 13.2 Å². The molecule has 0 radical (unpaired) electrons. The van der Waals surface area contributed by atoms with E-state index in [-0.39, 0.29) is 22.1 Å². The van der Waals surface area contributed by atoms with Crippen molar-refractivity contribution in [2.24, 2.45) is 0 Å². The monoisotopic (exact) mass is 431 g/mol. The Morgan fingerprint density at radius 1 is 1.27 bits per heavy atom. The highest BCUT2D eigenvalue weighted by molar-refractivity contribution is 6.32. The maximum atomic E-state index is 13.2. The largest absolute Gasteiger partial charge is 0.503 e. The molecule has 0 spiro atoms. The topological polar surface area (TPSA) is 109 Å². The number of para-hydroxylation sites is 2. The normalized spacial score (nSPS) is 15.9. The molecule has 1 aliphatic heterocycles. The van der Waals surface area contributed by atoms with Gasteiger partial charge in [0.25, 0.3) is 5.91 Å². The van der Waals surface area contributed by atoms with Crippen LogP contribution in [0.15, 0.2) is 47.7 Å². The summed E-state index contributed by atoms with van der Waals surface area (Å²) in [4.78, 5) is 25.3. The van der Waals surface area contributed by atoms with Gasteiger partial charge in [-0.15, -0.1) is 0 Å². The third-order valence-corrected chi connectivity index (χ3v) is 4.84. The molecule has 3 amide bonds. The molecule has 2 aromatic carbocycles. The summed E-state index contributed by atoms with van der Waals surface area (Å²) in [5, 5.41) is 18.3. The van der Waals surface area contributed by atoms with Crippen LogP contribution in [0.4, 0.5) is 10.5 Å². The maximum absolute atomic E-state index is 13.2. The van der Waals surface area contributed by atoms with Gasteiger partial charge in [0.1, 0.15) is 5.75 Å². The van der Waals surface area contributed by atoms with Crippen LogP contribution >= 0.6 is 11.6 Å². The van der Waals surface area contributed by atoms with Crippen LogP contribution in [0, 0.1) is 0 Å². The zero-order valence-electron chi connectivity index (χ0n) is 16.7. The lowest BCUT2D eigenvalue weighted by Crippen LogP contribution is -2.46. The molecule has 0 bridgehead atoms. The third-order valence-electron chi connectivity index (χ3n) is 4.55. The van der Waals surface area contributed by atoms with E-state index < -0.39 is 18.0 Å². The van der Waals surface area contributed by atoms with E-state index in [1.807, 2.05) is 0 Å². The Hall–Kier alpha value is -3.39. The van der Waals surface area contributed by atoms with Gasteiger partial charge in [-0.3, -0.25) is 4.79 Å². The fraction of sp³-hybridized carbons (Fsp3) is 0.238. The molecular formula is C21H22ClN3O5. The Bertz CT molecular complexity index is 1020. The number of amides is 3. The van der Waals surface area contributed by atoms with Gasteiger partial charge in [0, 0.05) is 5.70 Å². The number of rotatable bonds is 6. The van der Waals surface area contributed by atoms with E-state index in [0.29, 0.717) is 29.3 Å². The molecule has 0 saturated heterocycles. The number of allylic oxidation sites excluding steroid dienone is 1. The van der Waals surface area contributed by atoms with Crippen LogP contribution in [-0.2, 0) is 4.79 Å². The first-order valence-electron chi connectivity index (χ1n) is 9.23. The molecule has 1 atom stereocenters. The molecular weight excluding hydrogens is 410 g/mol. The summed E-state index contributed by atoms with van der Waals surface area (Å²) in [5.41, 5.74) is 1.64. The van der Waals surface area contributed by atoms with Crippen LogP contribution in [0.5, 0.6) is 17.2 Å². The fourth-order valence-electron chi connectivity index (χ4n) is 3.21. The highest BCUT2D eigenvalue weighted by Crippen LogP contribution is 2.39. The molecule has 0 fully saturated rings. The average molecular weight is 432 g/mol. The Balaban J connectivity index is 2.02. The van der Waals surface area contributed by atoms with Gasteiger partial charge in [0.05, 0.1) is 36.0 Å². The van der Waals surface area contributed by atoms with Crippen molar-refractivity contribution in [2.75, 3.05) is 19.0 Å². The first-order chi connectivity index (χ1) is 14.3. The molecule has 3 rings (SSSR count). The fourth-order valence-corrected chi connectivity index (χ4v) is 3.43. The minimum Gasteiger partial charge on any atom is -0.503 e. The van der Waals surface area contributed by atoms with Crippen LogP contribution in [-0.4, -0.2) is 30.8 Å². The van der Waals surface area contributed by atoms with Gasteiger partial charge in [0.2, 0.25) is 0 Å². The number of carbonyl (C=O) groups is 2. The predicted octanol–water partition coefficient (Wildman–Crippen LogP) is 3.72. The second-order valence-corrected chi connectivity index (χ2v) is 6.91. The number of anilines is 1. The highest BCUT2D eigenvalue weighted by Gasteiger charge is 2.32. The van der Waals surface area contributed by atoms with Gasteiger partial charge < -0.3 is 30.5 Å². The molecule has 1 unspecified atom stereocenters. The van der Waals surface area contributed by atoms with Crippen LogP contribution in [0.25, 0.3) is 0 Å². The van der Waals surface area contributed by atoms with Crippen molar-refractivity contribution in [1.29, 1.82) is 0 Å². The Kier molecular flexibility index (Phi) is 6.37. The van der Waals surface area contributed by atoms with E-state index in [9.17, 15) is 14.7 Å². The number of hydrogen-bond donors (Lipinski definition) is 4. The second kappa shape index (κ2) is 8.96. The van der Waals surface area contributed by atoms with Gasteiger partial charge in [-0.2, -0.15) is 0 Å². The summed E-state index contributed by atoms with van der Waals surface area (Å²) in [6, 6.07) is 8.75. The molecule has 4 N–H and O–H groups in total. The standard InChI is InChI=1S/C21H22ClN3O5/c1-4-30-16-10-12(9-13(22)19(16)26)18-17(11(2)23-21(28)25-18)20(27)24-14-7-5-6-8-15(14)29-3/h5-10,18,26H,4H2,1-3H3,(H,24,27)(H2,23,25,28). The van der Waals surface area contributed by atoms with Crippen molar-refractivity contribution in [3.63, 3.8) is 0 Å². The summed E-state index contributed by atoms with van der Waals surface area (Å²) >= 11 is 6.15. The molecule has 8 nitrogen and oxygen atoms in total.